The zero-order valence-electron chi connectivity index (χ0n) is 23.5. The molecule has 40 heavy (non-hydrogen) atoms. The molecule has 2 aromatic heterocycles. The Kier molecular flexibility index (Phi) is 7.98. The Bertz CT molecular complexity index is 1490. The number of ketones is 1. The van der Waals surface area contributed by atoms with Crippen LogP contribution in [0.4, 0.5) is 17.2 Å². The van der Waals surface area contributed by atoms with E-state index < -0.39 is 11.7 Å². The van der Waals surface area contributed by atoms with E-state index >= 15 is 0 Å². The maximum absolute atomic E-state index is 13.5. The van der Waals surface area contributed by atoms with E-state index in [1.807, 2.05) is 86.2 Å². The second-order valence-electron chi connectivity index (χ2n) is 10.3. The van der Waals surface area contributed by atoms with Crippen LogP contribution >= 0.6 is 0 Å². The van der Waals surface area contributed by atoms with Crippen molar-refractivity contribution < 1.29 is 14.3 Å². The number of hydrogen-bond acceptors (Lipinski definition) is 6. The van der Waals surface area contributed by atoms with Gasteiger partial charge in [0, 0.05) is 62.1 Å². The number of carbonyl (C=O) groups excluding carboxylic acids is 2. The van der Waals surface area contributed by atoms with Crippen molar-refractivity contribution in [3.05, 3.63) is 95.4 Å². The zero-order valence-corrected chi connectivity index (χ0v) is 23.5. The Morgan fingerprint density at radius 3 is 2.40 bits per heavy atom. The van der Waals surface area contributed by atoms with E-state index in [0.717, 1.165) is 47.1 Å². The van der Waals surface area contributed by atoms with Crippen LogP contribution < -0.4 is 15.1 Å². The smallest absolute Gasteiger partial charge is 0.298 e. The molecular formula is C32H35N5O3. The number of nitrogens with one attached hydrogen (secondary N) is 1. The molecule has 0 radical (unpaired) electrons. The normalized spacial score (nSPS) is 12.5. The van der Waals surface area contributed by atoms with Crippen molar-refractivity contribution in [3.63, 3.8) is 0 Å². The second kappa shape index (κ2) is 11.8. The fraction of sp³-hybridized carbons (Fsp3) is 0.281. The molecule has 0 saturated heterocycles. The summed E-state index contributed by atoms with van der Waals surface area (Å²) >= 11 is 0. The minimum absolute atomic E-state index is 0.403. The first-order valence-corrected chi connectivity index (χ1v) is 13.5. The molecule has 0 fully saturated rings. The number of anilines is 3. The number of pyridine rings is 1. The van der Waals surface area contributed by atoms with Crippen molar-refractivity contribution in [3.8, 4) is 11.1 Å². The predicted molar refractivity (Wildman–Crippen MR) is 159 cm³/mol. The molecule has 0 unspecified atom stereocenters. The summed E-state index contributed by atoms with van der Waals surface area (Å²) in [4.78, 5) is 35.5. The van der Waals surface area contributed by atoms with E-state index in [9.17, 15) is 9.59 Å². The predicted octanol–water partition coefficient (Wildman–Crippen LogP) is 5.09. The molecule has 1 amide bonds. The number of hydrogen-bond donors (Lipinski definition) is 1. The SMILES string of the molecule is Cc1cc(C)nc(N(C)CCN(C)c2ccc(NC(=O)C(=O)c3c(-c4ccccc4)cc4n3CCOC4)cc2)c1. The van der Waals surface area contributed by atoms with E-state index in [1.165, 1.54) is 5.56 Å². The lowest BCUT2D eigenvalue weighted by Gasteiger charge is -2.25. The number of Topliss-reactive ketones (excluding diaryl/α,β-unsaturated/α-hetero) is 1. The number of rotatable bonds is 9. The van der Waals surface area contributed by atoms with Crippen molar-refractivity contribution in [1.82, 2.24) is 9.55 Å². The van der Waals surface area contributed by atoms with Gasteiger partial charge in [0.2, 0.25) is 0 Å². The van der Waals surface area contributed by atoms with E-state index in [0.29, 0.717) is 31.1 Å². The number of benzene rings is 2. The summed E-state index contributed by atoms with van der Waals surface area (Å²) < 4.78 is 7.50. The van der Waals surface area contributed by atoms with Gasteiger partial charge in [-0.15, -0.1) is 0 Å². The van der Waals surface area contributed by atoms with Gasteiger partial charge in [0.25, 0.3) is 11.7 Å². The standard InChI is InChI=1S/C32H35N5O3/c1-22-18-23(2)33-29(19-22)36(4)15-14-35(3)26-12-10-25(11-13-26)34-32(39)31(38)30-28(24-8-6-5-7-9-24)20-27-21-40-17-16-37(27)30/h5-13,18-20H,14-17,21H2,1-4H3,(H,34,39). The molecule has 1 N–H and O–H groups in total. The van der Waals surface area contributed by atoms with Crippen LogP contribution in [0.15, 0.2) is 72.8 Å². The highest BCUT2D eigenvalue weighted by Gasteiger charge is 2.28. The monoisotopic (exact) mass is 537 g/mol. The van der Waals surface area contributed by atoms with Crippen LogP contribution in [-0.4, -0.2) is 55.0 Å². The first-order valence-electron chi connectivity index (χ1n) is 13.5. The van der Waals surface area contributed by atoms with E-state index in [4.69, 9.17) is 4.74 Å². The number of amides is 1. The molecule has 0 atom stereocenters. The Balaban J connectivity index is 1.25. The topological polar surface area (TPSA) is 79.7 Å². The highest BCUT2D eigenvalue weighted by Crippen LogP contribution is 2.30. The van der Waals surface area contributed by atoms with Crippen LogP contribution in [0.3, 0.4) is 0 Å². The Morgan fingerprint density at radius 2 is 1.68 bits per heavy atom. The summed E-state index contributed by atoms with van der Waals surface area (Å²) in [5, 5.41) is 2.80. The van der Waals surface area contributed by atoms with Gasteiger partial charge in [-0.25, -0.2) is 4.98 Å². The first kappa shape index (κ1) is 27.1. The van der Waals surface area contributed by atoms with Gasteiger partial charge >= 0.3 is 0 Å². The average Bonchev–Trinajstić information content (AvgIpc) is 3.35. The number of likely N-dealkylation sites (N-methyl/N-ethyl adjacent to an activating group) is 2. The zero-order chi connectivity index (χ0) is 28.2. The average molecular weight is 538 g/mol. The number of fused-ring (bicyclic) bond motifs is 1. The van der Waals surface area contributed by atoms with Crippen LogP contribution in [0.5, 0.6) is 0 Å². The van der Waals surface area contributed by atoms with Crippen LogP contribution in [0, 0.1) is 13.8 Å². The molecule has 8 nitrogen and oxygen atoms in total. The van der Waals surface area contributed by atoms with Crippen LogP contribution in [0.1, 0.15) is 27.4 Å². The highest BCUT2D eigenvalue weighted by molar-refractivity contribution is 6.47. The van der Waals surface area contributed by atoms with Gasteiger partial charge < -0.3 is 24.4 Å². The lowest BCUT2D eigenvalue weighted by atomic mass is 10.0. The third kappa shape index (κ3) is 5.92. The molecule has 1 aliphatic heterocycles. The molecular weight excluding hydrogens is 502 g/mol. The lowest BCUT2D eigenvalue weighted by Crippen LogP contribution is -2.31. The van der Waals surface area contributed by atoms with Crippen molar-refractivity contribution >= 4 is 28.9 Å². The van der Waals surface area contributed by atoms with E-state index in [-0.39, 0.29) is 0 Å². The number of ether oxygens (including phenoxy) is 1. The van der Waals surface area contributed by atoms with Crippen LogP contribution in [0.2, 0.25) is 0 Å². The maximum Gasteiger partial charge on any atom is 0.298 e. The lowest BCUT2D eigenvalue weighted by molar-refractivity contribution is -0.112. The molecule has 4 aromatic rings. The van der Waals surface area contributed by atoms with Crippen molar-refractivity contribution in [2.24, 2.45) is 0 Å². The molecule has 2 aromatic carbocycles. The molecule has 1 aliphatic rings. The maximum atomic E-state index is 13.5. The van der Waals surface area contributed by atoms with E-state index in [2.05, 4.69) is 39.2 Å². The van der Waals surface area contributed by atoms with Gasteiger partial charge in [0.15, 0.2) is 0 Å². The third-order valence-electron chi connectivity index (χ3n) is 7.21. The molecule has 5 rings (SSSR count). The van der Waals surface area contributed by atoms with Gasteiger partial charge in [0.1, 0.15) is 11.5 Å². The number of nitrogens with zero attached hydrogens (tertiary/aromatic N) is 4. The number of carbonyl (C=O) groups is 2. The molecule has 3 heterocycles. The van der Waals surface area contributed by atoms with Gasteiger partial charge in [-0.2, -0.15) is 0 Å². The largest absolute Gasteiger partial charge is 0.373 e. The Morgan fingerprint density at radius 1 is 0.950 bits per heavy atom. The van der Waals surface area contributed by atoms with Crippen molar-refractivity contribution in [2.75, 3.05) is 48.9 Å². The Labute approximate surface area is 235 Å². The van der Waals surface area contributed by atoms with Gasteiger partial charge in [-0.05, 0) is 67.4 Å². The van der Waals surface area contributed by atoms with Gasteiger partial charge in [-0.3, -0.25) is 9.59 Å². The number of aromatic nitrogens is 2. The molecule has 0 bridgehead atoms. The summed E-state index contributed by atoms with van der Waals surface area (Å²) in [5.74, 6) is -0.259. The van der Waals surface area contributed by atoms with Crippen LogP contribution in [-0.2, 0) is 22.7 Å². The molecule has 8 heteroatoms. The quantitative estimate of drug-likeness (QED) is 0.237. The molecule has 206 valence electrons. The second-order valence-corrected chi connectivity index (χ2v) is 10.3. The number of aryl methyl sites for hydroxylation is 2. The van der Waals surface area contributed by atoms with Crippen molar-refractivity contribution in [1.29, 1.82) is 0 Å². The van der Waals surface area contributed by atoms with Crippen molar-refractivity contribution in [2.45, 2.75) is 27.0 Å². The minimum atomic E-state index is -0.659. The minimum Gasteiger partial charge on any atom is -0.373 e. The summed E-state index contributed by atoms with van der Waals surface area (Å²) in [6.07, 6.45) is 0. The summed E-state index contributed by atoms with van der Waals surface area (Å²) in [5.41, 5.74) is 6.73. The molecule has 0 spiro atoms. The fourth-order valence-electron chi connectivity index (χ4n) is 5.05. The van der Waals surface area contributed by atoms with Crippen LogP contribution in [0.25, 0.3) is 11.1 Å². The Hall–Kier alpha value is -4.43. The molecule has 0 saturated carbocycles. The molecule has 0 aliphatic carbocycles. The summed E-state index contributed by atoms with van der Waals surface area (Å²) in [6.45, 7) is 7.14. The van der Waals surface area contributed by atoms with E-state index in [1.54, 1.807) is 0 Å². The van der Waals surface area contributed by atoms with Gasteiger partial charge in [-0.1, -0.05) is 30.3 Å². The first-order chi connectivity index (χ1) is 19.3. The fourth-order valence-corrected chi connectivity index (χ4v) is 5.05. The summed E-state index contributed by atoms with van der Waals surface area (Å²) in [6, 6.07) is 23.3. The summed E-state index contributed by atoms with van der Waals surface area (Å²) in [7, 11) is 4.08. The van der Waals surface area contributed by atoms with Gasteiger partial charge in [0.05, 0.1) is 13.2 Å². The highest BCUT2D eigenvalue weighted by atomic mass is 16.5. The third-order valence-corrected chi connectivity index (χ3v) is 7.21.